The van der Waals surface area contributed by atoms with Crippen LogP contribution in [-0.2, 0) is 12.0 Å². The van der Waals surface area contributed by atoms with E-state index in [2.05, 4.69) is 73.2 Å². The minimum Gasteiger partial charge on any atom is -0.383 e. The molecule has 5 nitrogen and oxygen atoms in total. The van der Waals surface area contributed by atoms with Gasteiger partial charge in [-0.15, -0.1) is 0 Å². The smallest absolute Gasteiger partial charge is 0.164 e. The molecule has 0 saturated carbocycles. The van der Waals surface area contributed by atoms with Crippen LogP contribution < -0.4 is 5.73 Å². The molecule has 2 aromatic carbocycles. The van der Waals surface area contributed by atoms with Crippen LogP contribution in [0.2, 0.25) is 0 Å². The molecule has 0 amide bonds. The van der Waals surface area contributed by atoms with Crippen molar-refractivity contribution in [3.8, 4) is 0 Å². The van der Waals surface area contributed by atoms with Crippen LogP contribution in [0.1, 0.15) is 37.9 Å². The van der Waals surface area contributed by atoms with Crippen molar-refractivity contribution < 1.29 is 0 Å². The van der Waals surface area contributed by atoms with Crippen LogP contribution in [0.3, 0.4) is 0 Å². The molecule has 0 atom stereocenters. The number of fused-ring (bicyclic) bond motifs is 2. The number of hydrogen-bond donors (Lipinski definition) is 1. The van der Waals surface area contributed by atoms with Gasteiger partial charge in [0, 0.05) is 6.42 Å². The highest BCUT2D eigenvalue weighted by Crippen LogP contribution is 2.30. The zero-order valence-corrected chi connectivity index (χ0v) is 15.6. The Labute approximate surface area is 152 Å². The van der Waals surface area contributed by atoms with Gasteiger partial charge in [-0.1, -0.05) is 42.5 Å². The third-order valence-corrected chi connectivity index (χ3v) is 4.61. The Morgan fingerprint density at radius 3 is 2.50 bits per heavy atom. The second-order valence-corrected chi connectivity index (χ2v) is 7.70. The summed E-state index contributed by atoms with van der Waals surface area (Å²) in [5, 5.41) is 8.22. The van der Waals surface area contributed by atoms with Crippen molar-refractivity contribution in [3.05, 3.63) is 59.5 Å². The minimum atomic E-state index is -0.192. The first-order chi connectivity index (χ1) is 12.3. The summed E-state index contributed by atoms with van der Waals surface area (Å²) in [7, 11) is 0. The summed E-state index contributed by atoms with van der Waals surface area (Å²) in [5.74, 6) is 1.16. The fourth-order valence-corrected chi connectivity index (χ4v) is 3.45. The Kier molecular flexibility index (Phi) is 3.68. The van der Waals surface area contributed by atoms with Gasteiger partial charge in [-0.25, -0.2) is 14.6 Å². The predicted octanol–water partition coefficient (Wildman–Crippen LogP) is 4.22. The van der Waals surface area contributed by atoms with Gasteiger partial charge in [0.05, 0.1) is 16.6 Å². The lowest BCUT2D eigenvalue weighted by atomic mass is 10.00. The molecule has 0 aliphatic heterocycles. The van der Waals surface area contributed by atoms with E-state index >= 15 is 0 Å². The summed E-state index contributed by atoms with van der Waals surface area (Å²) in [6.45, 7) is 8.22. The number of aryl methyl sites for hydroxylation is 1. The molecule has 4 rings (SSSR count). The Balaban J connectivity index is 1.94. The van der Waals surface area contributed by atoms with E-state index in [1.54, 1.807) is 0 Å². The van der Waals surface area contributed by atoms with Gasteiger partial charge in [-0.3, -0.25) is 0 Å². The van der Waals surface area contributed by atoms with E-state index in [0.717, 1.165) is 16.7 Å². The zero-order valence-electron chi connectivity index (χ0n) is 15.6. The topological polar surface area (TPSA) is 69.6 Å². The van der Waals surface area contributed by atoms with Gasteiger partial charge in [0.1, 0.15) is 11.6 Å². The summed E-state index contributed by atoms with van der Waals surface area (Å²) in [6, 6.07) is 14.8. The number of nitrogen functional groups attached to an aromatic ring is 1. The van der Waals surface area contributed by atoms with E-state index in [9.17, 15) is 0 Å². The van der Waals surface area contributed by atoms with Crippen LogP contribution in [0.15, 0.2) is 42.5 Å². The van der Waals surface area contributed by atoms with Crippen LogP contribution in [0.5, 0.6) is 0 Å². The maximum Gasteiger partial charge on any atom is 0.164 e. The van der Waals surface area contributed by atoms with E-state index in [0.29, 0.717) is 18.1 Å². The van der Waals surface area contributed by atoms with Gasteiger partial charge >= 0.3 is 0 Å². The summed E-state index contributed by atoms with van der Waals surface area (Å²) in [5.41, 5.74) is 9.03. The fourth-order valence-electron chi connectivity index (χ4n) is 3.45. The number of rotatable bonds is 2. The normalized spacial score (nSPS) is 12.2. The second-order valence-electron chi connectivity index (χ2n) is 7.70. The molecule has 132 valence electrons. The van der Waals surface area contributed by atoms with E-state index in [-0.39, 0.29) is 5.54 Å². The molecule has 0 bridgehead atoms. The number of hydrogen-bond acceptors (Lipinski definition) is 4. The van der Waals surface area contributed by atoms with Crippen LogP contribution >= 0.6 is 0 Å². The van der Waals surface area contributed by atoms with Crippen LogP contribution in [0.25, 0.3) is 21.8 Å². The van der Waals surface area contributed by atoms with Gasteiger partial charge in [-0.05, 0) is 44.0 Å². The monoisotopic (exact) mass is 345 g/mol. The lowest BCUT2D eigenvalue weighted by molar-refractivity contribution is 0.363. The highest BCUT2D eigenvalue weighted by molar-refractivity contribution is 5.90. The van der Waals surface area contributed by atoms with Gasteiger partial charge in [0.15, 0.2) is 5.65 Å². The molecule has 0 fully saturated rings. The van der Waals surface area contributed by atoms with E-state index in [4.69, 9.17) is 10.8 Å². The maximum absolute atomic E-state index is 6.28. The van der Waals surface area contributed by atoms with Crippen molar-refractivity contribution in [1.29, 1.82) is 0 Å². The molecule has 5 heteroatoms. The van der Waals surface area contributed by atoms with Crippen LogP contribution in [0.4, 0.5) is 5.82 Å². The number of anilines is 1. The molecular formula is C21H23N5. The molecule has 0 unspecified atom stereocenters. The van der Waals surface area contributed by atoms with Crippen molar-refractivity contribution in [2.45, 2.75) is 39.7 Å². The maximum atomic E-state index is 6.28. The third-order valence-electron chi connectivity index (χ3n) is 4.61. The van der Waals surface area contributed by atoms with E-state index in [1.165, 1.54) is 16.3 Å². The molecular weight excluding hydrogens is 322 g/mol. The molecule has 0 aliphatic rings. The Bertz CT molecular complexity index is 1110. The van der Waals surface area contributed by atoms with Crippen LogP contribution in [-0.4, -0.2) is 19.7 Å². The molecule has 2 N–H and O–H groups in total. The highest BCUT2D eigenvalue weighted by Gasteiger charge is 2.24. The van der Waals surface area contributed by atoms with Gasteiger partial charge in [0.25, 0.3) is 0 Å². The first-order valence-electron chi connectivity index (χ1n) is 8.83. The number of benzene rings is 2. The van der Waals surface area contributed by atoms with Crippen molar-refractivity contribution in [1.82, 2.24) is 19.7 Å². The van der Waals surface area contributed by atoms with Gasteiger partial charge in [-0.2, -0.15) is 5.10 Å². The largest absolute Gasteiger partial charge is 0.383 e. The van der Waals surface area contributed by atoms with E-state index in [1.807, 2.05) is 11.6 Å². The standard InChI is InChI=1S/C21H23N5/c1-13-23-19(22)18-17(25-26(20(18)24-13)21(2,3)4)12-15-10-7-9-14-8-5-6-11-16(14)15/h5-11H,12H2,1-4H3,(H2,22,23,24). The Morgan fingerprint density at radius 1 is 1.00 bits per heavy atom. The average Bonchev–Trinajstić information content (AvgIpc) is 2.94. The van der Waals surface area contributed by atoms with Crippen molar-refractivity contribution in [2.75, 3.05) is 5.73 Å². The SMILES string of the molecule is Cc1nc(N)c2c(Cc3cccc4ccccc34)nn(C(C)(C)C)c2n1. The average molecular weight is 345 g/mol. The Morgan fingerprint density at radius 2 is 1.73 bits per heavy atom. The van der Waals surface area contributed by atoms with Crippen molar-refractivity contribution in [2.24, 2.45) is 0 Å². The molecule has 4 aromatic rings. The fraction of sp³-hybridized carbons (Fsp3) is 0.286. The predicted molar refractivity (Wildman–Crippen MR) is 106 cm³/mol. The third kappa shape index (κ3) is 2.69. The van der Waals surface area contributed by atoms with Crippen molar-refractivity contribution in [3.63, 3.8) is 0 Å². The second kappa shape index (κ2) is 5.80. The highest BCUT2D eigenvalue weighted by atomic mass is 15.3. The quantitative estimate of drug-likeness (QED) is 0.591. The summed E-state index contributed by atoms with van der Waals surface area (Å²) >= 11 is 0. The summed E-state index contributed by atoms with van der Waals surface area (Å²) in [4.78, 5) is 9.01. The molecule has 2 aromatic heterocycles. The van der Waals surface area contributed by atoms with Crippen LogP contribution in [0, 0.1) is 6.92 Å². The molecule has 2 heterocycles. The number of nitrogens with two attached hydrogens (primary N) is 1. The van der Waals surface area contributed by atoms with Gasteiger partial charge in [0.2, 0.25) is 0 Å². The zero-order chi connectivity index (χ0) is 18.5. The minimum absolute atomic E-state index is 0.192. The molecule has 0 aliphatic carbocycles. The molecule has 0 radical (unpaired) electrons. The molecule has 26 heavy (non-hydrogen) atoms. The molecule has 0 spiro atoms. The lowest BCUT2D eigenvalue weighted by Gasteiger charge is -2.19. The number of nitrogens with zero attached hydrogens (tertiary/aromatic N) is 4. The lowest BCUT2D eigenvalue weighted by Crippen LogP contribution is -2.23. The molecule has 0 saturated heterocycles. The van der Waals surface area contributed by atoms with E-state index < -0.39 is 0 Å². The summed E-state index contributed by atoms with van der Waals surface area (Å²) in [6.07, 6.45) is 0.692. The van der Waals surface area contributed by atoms with Crippen molar-refractivity contribution >= 4 is 27.6 Å². The number of aromatic nitrogens is 4. The first-order valence-corrected chi connectivity index (χ1v) is 8.83. The summed E-state index contributed by atoms with van der Waals surface area (Å²) < 4.78 is 1.97. The van der Waals surface area contributed by atoms with Gasteiger partial charge < -0.3 is 5.73 Å². The first kappa shape index (κ1) is 16.5. The Hall–Kier alpha value is -2.95.